The molecular weight excluding hydrogens is 1270 g/mol. The Kier molecular flexibility index (Phi) is 56.5. The molecule has 3 rings (SSSR count). The number of rotatable bonds is 64. The van der Waals surface area contributed by atoms with E-state index in [2.05, 4.69) is 67.8 Å². The highest BCUT2D eigenvalue weighted by Crippen LogP contribution is 2.33. The van der Waals surface area contributed by atoms with Crippen LogP contribution in [0.4, 0.5) is 0 Å². The number of carbonyl (C=O) groups excluding carboxylic acids is 1. The van der Waals surface area contributed by atoms with Gasteiger partial charge in [-0.05, 0) is 70.6 Å². The minimum atomic E-state index is -1.98. The zero-order chi connectivity index (χ0) is 72.5. The molecule has 3 aliphatic heterocycles. The molecule has 0 radical (unpaired) electrons. The molecule has 12 N–H and O–H groups in total. The van der Waals surface area contributed by atoms with Gasteiger partial charge in [0.1, 0.15) is 73.2 Å². The van der Waals surface area contributed by atoms with E-state index in [1.165, 1.54) is 231 Å². The van der Waals surface area contributed by atoms with Gasteiger partial charge >= 0.3 is 0 Å². The molecule has 3 heterocycles. The molecule has 0 saturated carbocycles. The summed E-state index contributed by atoms with van der Waals surface area (Å²) in [5.41, 5.74) is 0. The first-order valence-electron chi connectivity index (χ1n) is 40.5. The lowest BCUT2D eigenvalue weighted by molar-refractivity contribution is -0.379. The number of hydrogen-bond acceptors (Lipinski definition) is 18. The van der Waals surface area contributed by atoms with E-state index in [1.54, 1.807) is 6.08 Å². The number of unbranched alkanes of at least 4 members (excludes halogenated alkanes) is 40. The molecule has 0 spiro atoms. The molecule has 19 heteroatoms. The Labute approximate surface area is 605 Å². The van der Waals surface area contributed by atoms with Gasteiger partial charge in [0.05, 0.1) is 38.6 Å². The van der Waals surface area contributed by atoms with Gasteiger partial charge in [0, 0.05) is 6.42 Å². The fourth-order valence-corrected chi connectivity index (χ4v) is 13.5. The van der Waals surface area contributed by atoms with Gasteiger partial charge in [-0.3, -0.25) is 4.79 Å². The summed E-state index contributed by atoms with van der Waals surface area (Å²) in [6.45, 7) is 1.74. The minimum absolute atomic E-state index is 0.234. The van der Waals surface area contributed by atoms with Crippen LogP contribution in [0.2, 0.25) is 0 Å². The molecule has 0 aromatic carbocycles. The number of carbonyl (C=O) groups is 1. The van der Waals surface area contributed by atoms with Crippen molar-refractivity contribution in [2.45, 2.75) is 420 Å². The van der Waals surface area contributed by atoms with Crippen molar-refractivity contribution in [2.24, 2.45) is 0 Å². The maximum Gasteiger partial charge on any atom is 0.220 e. The molecule has 3 fully saturated rings. The Bertz CT molecular complexity index is 2040. The van der Waals surface area contributed by atoms with Gasteiger partial charge in [-0.2, -0.15) is 0 Å². The van der Waals surface area contributed by atoms with E-state index in [0.29, 0.717) is 12.8 Å². The third kappa shape index (κ3) is 41.4. The lowest BCUT2D eigenvalue weighted by Gasteiger charge is -2.48. The van der Waals surface area contributed by atoms with Crippen LogP contribution in [0.25, 0.3) is 0 Å². The van der Waals surface area contributed by atoms with Crippen molar-refractivity contribution < 1.29 is 89.4 Å². The first-order valence-corrected chi connectivity index (χ1v) is 40.5. The van der Waals surface area contributed by atoms with Crippen LogP contribution in [0.3, 0.4) is 0 Å². The maximum atomic E-state index is 13.5. The third-order valence-corrected chi connectivity index (χ3v) is 20.0. The molecule has 17 unspecified atom stereocenters. The normalized spacial score (nSPS) is 26.8. The second kappa shape index (κ2) is 61.6. The Morgan fingerprint density at radius 3 is 1.07 bits per heavy atom. The molecule has 100 heavy (non-hydrogen) atoms. The number of hydrogen-bond donors (Lipinski definition) is 12. The van der Waals surface area contributed by atoms with Gasteiger partial charge in [-0.15, -0.1) is 0 Å². The van der Waals surface area contributed by atoms with E-state index in [0.717, 1.165) is 51.4 Å². The Morgan fingerprint density at radius 2 is 0.670 bits per heavy atom. The smallest absolute Gasteiger partial charge is 0.220 e. The topological polar surface area (TPSA) is 307 Å². The van der Waals surface area contributed by atoms with Crippen LogP contribution >= 0.6 is 0 Å². The first kappa shape index (κ1) is 91.7. The molecule has 17 atom stereocenters. The van der Waals surface area contributed by atoms with E-state index >= 15 is 0 Å². The lowest BCUT2D eigenvalue weighted by Crippen LogP contribution is -2.66. The van der Waals surface area contributed by atoms with Crippen LogP contribution in [0.1, 0.15) is 316 Å². The standard InChI is InChI=1S/C81H147NO18/c1-3-5-7-9-11-13-15-17-19-21-23-25-27-29-31-32-33-35-37-39-41-43-45-47-49-51-53-55-57-59-69(87)82-64(65(86)58-56-54-52-50-48-46-44-42-40-38-36-34-30-28-26-24-22-20-18-16-14-12-10-8-6-4-2)63-95-79-75(93)72(90)77(67(61-84)97-79)100-81-76(94)73(91)78(68(62-85)98-81)99-80-74(92)71(89)70(88)66(60-83)96-80/h15,17,21,23,27,29,48,50,56,58,64-68,70-81,83-86,88-94H,3-14,16,18-20,22,24-26,28,30-47,49,51-55,57,59-63H2,1-2H3,(H,82,87)/b17-15-,23-21-,29-27-,50-48+,58-56+. The van der Waals surface area contributed by atoms with Crippen molar-refractivity contribution in [1.29, 1.82) is 0 Å². The summed E-state index contributed by atoms with van der Waals surface area (Å²) >= 11 is 0. The Balaban J connectivity index is 1.39. The van der Waals surface area contributed by atoms with Crippen molar-refractivity contribution in [3.63, 3.8) is 0 Å². The van der Waals surface area contributed by atoms with E-state index < -0.39 is 124 Å². The predicted molar refractivity (Wildman–Crippen MR) is 397 cm³/mol. The zero-order valence-electron chi connectivity index (χ0n) is 62.4. The fourth-order valence-electron chi connectivity index (χ4n) is 13.5. The highest BCUT2D eigenvalue weighted by Gasteiger charge is 2.54. The van der Waals surface area contributed by atoms with Gasteiger partial charge in [-0.25, -0.2) is 0 Å². The average molecular weight is 1420 g/mol. The van der Waals surface area contributed by atoms with Gasteiger partial charge in [0.25, 0.3) is 0 Å². The van der Waals surface area contributed by atoms with Crippen LogP contribution in [0.15, 0.2) is 60.8 Å². The Hall–Kier alpha value is -2.51. The van der Waals surface area contributed by atoms with Crippen LogP contribution in [-0.2, 0) is 33.2 Å². The first-order chi connectivity index (χ1) is 48.8. The number of amides is 1. The van der Waals surface area contributed by atoms with Crippen molar-refractivity contribution in [3.05, 3.63) is 60.8 Å². The molecule has 0 bridgehead atoms. The van der Waals surface area contributed by atoms with Gasteiger partial charge in [0.2, 0.25) is 5.91 Å². The molecule has 0 aromatic heterocycles. The van der Waals surface area contributed by atoms with Gasteiger partial charge in [-0.1, -0.05) is 299 Å². The summed E-state index contributed by atoms with van der Waals surface area (Å²) in [5.74, 6) is -0.284. The van der Waals surface area contributed by atoms with Crippen molar-refractivity contribution in [3.8, 4) is 0 Å². The van der Waals surface area contributed by atoms with Crippen molar-refractivity contribution in [1.82, 2.24) is 5.32 Å². The van der Waals surface area contributed by atoms with Gasteiger partial charge < -0.3 is 89.9 Å². The second-order valence-electron chi connectivity index (χ2n) is 28.9. The van der Waals surface area contributed by atoms with Crippen LogP contribution in [-0.4, -0.2) is 193 Å². The second-order valence-corrected chi connectivity index (χ2v) is 28.9. The minimum Gasteiger partial charge on any atom is -0.394 e. The number of nitrogens with one attached hydrogen (secondary N) is 1. The molecule has 584 valence electrons. The average Bonchev–Trinajstić information content (AvgIpc) is 0.783. The third-order valence-electron chi connectivity index (χ3n) is 20.0. The molecule has 19 nitrogen and oxygen atoms in total. The molecule has 3 aliphatic rings. The summed E-state index contributed by atoms with van der Waals surface area (Å²) in [6.07, 6.45) is 52.1. The molecule has 0 aliphatic carbocycles. The van der Waals surface area contributed by atoms with E-state index in [-0.39, 0.29) is 18.9 Å². The van der Waals surface area contributed by atoms with Crippen molar-refractivity contribution >= 4 is 5.91 Å². The molecule has 3 saturated heterocycles. The van der Waals surface area contributed by atoms with Gasteiger partial charge in [0.15, 0.2) is 18.9 Å². The summed E-state index contributed by atoms with van der Waals surface area (Å²) in [7, 11) is 0. The SMILES string of the molecule is CCCCCCC/C=C\C/C=C\C/C=C\CCCCCCCCCCCCCCCCC(=O)NC(COC1OC(CO)C(OC2OC(CO)C(OC3OC(CO)C(O)C(O)C3O)C(O)C2O)C(O)C1O)C(O)/C=C/CC/C=C/CCCCCCCCCCCCCCCCCCCCCC. The summed E-state index contributed by atoms with van der Waals surface area (Å²) < 4.78 is 34.4. The molecule has 0 aromatic rings. The summed E-state index contributed by atoms with van der Waals surface area (Å²) in [5, 5.41) is 121. The Morgan fingerprint density at radius 1 is 0.360 bits per heavy atom. The maximum absolute atomic E-state index is 13.5. The van der Waals surface area contributed by atoms with Crippen molar-refractivity contribution in [2.75, 3.05) is 26.4 Å². The largest absolute Gasteiger partial charge is 0.394 e. The highest BCUT2D eigenvalue weighted by molar-refractivity contribution is 5.76. The highest BCUT2D eigenvalue weighted by atomic mass is 16.8. The molecule has 1 amide bonds. The number of aliphatic hydroxyl groups is 11. The predicted octanol–water partition coefficient (Wildman–Crippen LogP) is 13.5. The van der Waals surface area contributed by atoms with Crippen LogP contribution in [0, 0.1) is 0 Å². The lowest BCUT2D eigenvalue weighted by atomic mass is 9.96. The number of aliphatic hydroxyl groups excluding tert-OH is 11. The quantitative estimate of drug-likeness (QED) is 0.0199. The monoisotopic (exact) mass is 1420 g/mol. The number of ether oxygens (including phenoxy) is 6. The zero-order valence-corrected chi connectivity index (χ0v) is 62.4. The summed E-state index contributed by atoms with van der Waals surface area (Å²) in [6, 6.07) is -0.994. The van der Waals surface area contributed by atoms with E-state index in [1.807, 2.05) is 6.08 Å². The van der Waals surface area contributed by atoms with Crippen LogP contribution < -0.4 is 5.32 Å². The van der Waals surface area contributed by atoms with Crippen LogP contribution in [0.5, 0.6) is 0 Å². The fraction of sp³-hybridized carbons (Fsp3) is 0.864. The number of allylic oxidation sites excluding steroid dienone is 9. The summed E-state index contributed by atoms with van der Waals surface area (Å²) in [4.78, 5) is 13.5. The van der Waals surface area contributed by atoms with E-state index in [4.69, 9.17) is 28.4 Å². The van der Waals surface area contributed by atoms with E-state index in [9.17, 15) is 61.0 Å². The molecular formula is C81H147NO18.